The van der Waals surface area contributed by atoms with Crippen molar-refractivity contribution in [3.05, 3.63) is 12.0 Å². The van der Waals surface area contributed by atoms with Gasteiger partial charge in [0, 0.05) is 6.54 Å². The predicted molar refractivity (Wildman–Crippen MR) is 61.9 cm³/mol. The van der Waals surface area contributed by atoms with Crippen LogP contribution in [-0.4, -0.2) is 36.1 Å². The van der Waals surface area contributed by atoms with E-state index < -0.39 is 10.0 Å². The van der Waals surface area contributed by atoms with E-state index in [1.54, 1.807) is 6.92 Å². The van der Waals surface area contributed by atoms with E-state index >= 15 is 0 Å². The average Bonchev–Trinajstić information content (AvgIpc) is 2.85. The Morgan fingerprint density at radius 1 is 1.59 bits per heavy atom. The summed E-state index contributed by atoms with van der Waals surface area (Å²) < 4.78 is 26.2. The van der Waals surface area contributed by atoms with Gasteiger partial charge in [-0.25, -0.2) is 18.1 Å². The van der Waals surface area contributed by atoms with E-state index in [1.165, 1.54) is 6.20 Å². The van der Waals surface area contributed by atoms with Gasteiger partial charge in [-0.1, -0.05) is 6.42 Å². The Balaban J connectivity index is 1.98. The van der Waals surface area contributed by atoms with Crippen LogP contribution in [0.4, 0.5) is 0 Å². The number of hydrogen-bond acceptors (Lipinski definition) is 4. The molecule has 0 aromatic carbocycles. The molecule has 1 saturated carbocycles. The summed E-state index contributed by atoms with van der Waals surface area (Å²) in [5.74, 6) is 0.583. The van der Waals surface area contributed by atoms with Gasteiger partial charge < -0.3 is 10.1 Å². The zero-order valence-corrected chi connectivity index (χ0v) is 10.5. The lowest BCUT2D eigenvalue weighted by atomic mass is 10.1. The van der Waals surface area contributed by atoms with Gasteiger partial charge in [-0.3, -0.25) is 0 Å². The van der Waals surface area contributed by atoms with Crippen LogP contribution in [0.5, 0.6) is 0 Å². The predicted octanol–water partition coefficient (Wildman–Crippen LogP) is 0.157. The maximum atomic E-state index is 11.8. The summed E-state index contributed by atoms with van der Waals surface area (Å²) in [6.07, 6.45) is 3.49. The monoisotopic (exact) mass is 259 g/mol. The number of imidazole rings is 1. The highest BCUT2D eigenvalue weighted by Gasteiger charge is 2.27. The Kier molecular flexibility index (Phi) is 3.50. The summed E-state index contributed by atoms with van der Waals surface area (Å²) in [5.41, 5.74) is 0. The summed E-state index contributed by atoms with van der Waals surface area (Å²) >= 11 is 0. The van der Waals surface area contributed by atoms with E-state index in [0.717, 1.165) is 19.3 Å². The van der Waals surface area contributed by atoms with E-state index in [2.05, 4.69) is 14.7 Å². The zero-order valence-electron chi connectivity index (χ0n) is 9.68. The van der Waals surface area contributed by atoms with Crippen LogP contribution in [0.15, 0.2) is 11.2 Å². The van der Waals surface area contributed by atoms with Gasteiger partial charge in [0.1, 0.15) is 5.82 Å². The molecule has 0 radical (unpaired) electrons. The van der Waals surface area contributed by atoms with Gasteiger partial charge in [-0.2, -0.15) is 0 Å². The summed E-state index contributed by atoms with van der Waals surface area (Å²) in [6, 6.07) is 0. The van der Waals surface area contributed by atoms with E-state index in [9.17, 15) is 13.5 Å². The molecule has 2 unspecified atom stereocenters. The van der Waals surface area contributed by atoms with Crippen molar-refractivity contribution in [3.8, 4) is 0 Å². The second-order valence-electron chi connectivity index (χ2n) is 4.44. The van der Waals surface area contributed by atoms with Crippen molar-refractivity contribution in [1.82, 2.24) is 14.7 Å². The highest BCUT2D eigenvalue weighted by Crippen LogP contribution is 2.25. The van der Waals surface area contributed by atoms with Gasteiger partial charge >= 0.3 is 0 Å². The van der Waals surface area contributed by atoms with Crippen molar-refractivity contribution in [2.45, 2.75) is 37.3 Å². The third-order valence-electron chi connectivity index (χ3n) is 3.12. The van der Waals surface area contributed by atoms with E-state index in [1.807, 2.05) is 0 Å². The molecule has 1 aromatic rings. The first-order chi connectivity index (χ1) is 7.99. The van der Waals surface area contributed by atoms with Gasteiger partial charge in [-0.15, -0.1) is 0 Å². The number of nitrogens with one attached hydrogen (secondary N) is 2. The molecule has 0 spiro atoms. The van der Waals surface area contributed by atoms with Crippen molar-refractivity contribution in [1.29, 1.82) is 0 Å². The first-order valence-electron chi connectivity index (χ1n) is 5.68. The zero-order chi connectivity index (χ0) is 12.5. The first-order valence-corrected chi connectivity index (χ1v) is 7.17. The topological polar surface area (TPSA) is 95.1 Å². The molecular formula is C10H17N3O3S. The summed E-state index contributed by atoms with van der Waals surface area (Å²) in [5, 5.41) is 9.68. The van der Waals surface area contributed by atoms with E-state index in [4.69, 9.17) is 0 Å². The van der Waals surface area contributed by atoms with Crippen molar-refractivity contribution in [2.75, 3.05) is 6.54 Å². The first kappa shape index (κ1) is 12.5. The fourth-order valence-electron chi connectivity index (χ4n) is 2.08. The quantitative estimate of drug-likeness (QED) is 0.717. The van der Waals surface area contributed by atoms with Crippen molar-refractivity contribution >= 4 is 10.0 Å². The molecule has 1 aliphatic carbocycles. The van der Waals surface area contributed by atoms with Crippen LogP contribution >= 0.6 is 0 Å². The number of hydrogen-bond donors (Lipinski definition) is 3. The Morgan fingerprint density at radius 3 is 2.88 bits per heavy atom. The summed E-state index contributed by atoms with van der Waals surface area (Å²) in [7, 11) is -3.53. The number of H-pyrrole nitrogens is 1. The highest BCUT2D eigenvalue weighted by atomic mass is 32.2. The second kappa shape index (κ2) is 4.75. The lowest BCUT2D eigenvalue weighted by Gasteiger charge is -2.14. The third kappa shape index (κ3) is 2.85. The minimum Gasteiger partial charge on any atom is -0.393 e. The van der Waals surface area contributed by atoms with Crippen molar-refractivity contribution < 1.29 is 13.5 Å². The minimum atomic E-state index is -3.53. The van der Waals surface area contributed by atoms with Gasteiger partial charge in [0.25, 0.3) is 10.0 Å². The minimum absolute atomic E-state index is 0.0220. The number of aliphatic hydroxyl groups is 1. The van der Waals surface area contributed by atoms with Crippen molar-refractivity contribution in [2.24, 2.45) is 5.92 Å². The van der Waals surface area contributed by atoms with Gasteiger partial charge in [0.05, 0.1) is 12.3 Å². The molecule has 1 heterocycles. The van der Waals surface area contributed by atoms with Crippen LogP contribution in [-0.2, 0) is 10.0 Å². The lowest BCUT2D eigenvalue weighted by molar-refractivity contribution is 0.134. The fourth-order valence-corrected chi connectivity index (χ4v) is 3.15. The molecule has 17 heavy (non-hydrogen) atoms. The molecule has 3 N–H and O–H groups in total. The molecule has 0 amide bonds. The normalized spacial score (nSPS) is 25.3. The highest BCUT2D eigenvalue weighted by molar-refractivity contribution is 7.89. The number of aromatic amines is 1. The third-order valence-corrected chi connectivity index (χ3v) is 4.46. The fraction of sp³-hybridized carbons (Fsp3) is 0.700. The molecule has 96 valence electrons. The number of rotatable bonds is 4. The number of nitrogens with zero attached hydrogens (tertiary/aromatic N) is 1. The molecular weight excluding hydrogens is 242 g/mol. The maximum Gasteiger partial charge on any atom is 0.257 e. The Hall–Kier alpha value is -0.920. The van der Waals surface area contributed by atoms with Crippen molar-refractivity contribution in [3.63, 3.8) is 0 Å². The SMILES string of the molecule is Cc1ncc(S(=O)(=O)NCC2CCCC2O)[nH]1. The molecule has 1 aliphatic rings. The van der Waals surface area contributed by atoms with Crippen LogP contribution in [0, 0.1) is 12.8 Å². The number of aromatic nitrogens is 2. The Morgan fingerprint density at radius 2 is 2.35 bits per heavy atom. The maximum absolute atomic E-state index is 11.8. The molecule has 2 atom stereocenters. The van der Waals surface area contributed by atoms with Crippen LogP contribution in [0.2, 0.25) is 0 Å². The van der Waals surface area contributed by atoms with Gasteiger partial charge in [0.15, 0.2) is 5.03 Å². The molecule has 0 bridgehead atoms. The second-order valence-corrected chi connectivity index (χ2v) is 6.18. The molecule has 7 heteroatoms. The standard InChI is InChI=1S/C10H17N3O3S/c1-7-11-6-10(13-7)17(15,16)12-5-8-3-2-4-9(8)14/h6,8-9,12,14H,2-5H2,1H3,(H,11,13). The van der Waals surface area contributed by atoms with E-state index in [-0.39, 0.29) is 23.6 Å². The Labute approximate surface area is 101 Å². The molecule has 0 aliphatic heterocycles. The van der Waals surface area contributed by atoms with Crippen LogP contribution < -0.4 is 4.72 Å². The van der Waals surface area contributed by atoms with Crippen LogP contribution in [0.3, 0.4) is 0 Å². The Bertz CT molecular complexity index is 483. The molecule has 1 fully saturated rings. The molecule has 6 nitrogen and oxygen atoms in total. The number of sulfonamides is 1. The van der Waals surface area contributed by atoms with Gasteiger partial charge in [-0.05, 0) is 25.7 Å². The summed E-state index contributed by atoms with van der Waals surface area (Å²) in [6.45, 7) is 1.97. The number of aliphatic hydroxyl groups excluding tert-OH is 1. The van der Waals surface area contributed by atoms with Gasteiger partial charge in [0.2, 0.25) is 0 Å². The largest absolute Gasteiger partial charge is 0.393 e. The average molecular weight is 259 g/mol. The smallest absolute Gasteiger partial charge is 0.257 e. The number of aryl methyl sites for hydroxylation is 1. The van der Waals surface area contributed by atoms with E-state index in [0.29, 0.717) is 5.82 Å². The lowest BCUT2D eigenvalue weighted by Crippen LogP contribution is -2.32. The van der Waals surface area contributed by atoms with Crippen LogP contribution in [0.1, 0.15) is 25.1 Å². The summed E-state index contributed by atoms with van der Waals surface area (Å²) in [4.78, 5) is 6.53. The molecule has 0 saturated heterocycles. The van der Waals surface area contributed by atoms with Crippen LogP contribution in [0.25, 0.3) is 0 Å². The molecule has 2 rings (SSSR count). The molecule has 1 aromatic heterocycles.